The lowest BCUT2D eigenvalue weighted by atomic mass is 10.00. The minimum absolute atomic E-state index is 0.174. The molecule has 0 bridgehead atoms. The summed E-state index contributed by atoms with van der Waals surface area (Å²) in [5, 5.41) is 0.763. The van der Waals surface area contributed by atoms with Gasteiger partial charge in [0.15, 0.2) is 5.76 Å². The molecule has 3 rings (SSSR count). The number of methoxy groups -OCH3 is 1. The molecule has 0 amide bonds. The van der Waals surface area contributed by atoms with Crippen molar-refractivity contribution in [3.05, 3.63) is 71.1 Å². The molecule has 2 aromatic carbocycles. The molecule has 2 atom stereocenters. The van der Waals surface area contributed by atoms with Crippen molar-refractivity contribution >= 4 is 31.4 Å². The number of rotatable bonds is 8. The Morgan fingerprint density at radius 3 is 2.70 bits per heavy atom. The van der Waals surface area contributed by atoms with Crippen LogP contribution in [0.15, 0.2) is 58.6 Å². The zero-order chi connectivity index (χ0) is 21.9. The SMILES string of the molecule is CCC(C)[Si](O)(O)C=Cc1cccc(C(N)C(=O)c2cc3cc(OC)ccc3o2)c1. The van der Waals surface area contributed by atoms with Crippen LogP contribution in [0.25, 0.3) is 17.0 Å². The molecule has 2 unspecified atom stereocenters. The summed E-state index contributed by atoms with van der Waals surface area (Å²) in [5.41, 5.74) is 9.48. The highest BCUT2D eigenvalue weighted by Gasteiger charge is 2.32. The summed E-state index contributed by atoms with van der Waals surface area (Å²) in [6, 6.07) is 13.2. The van der Waals surface area contributed by atoms with E-state index >= 15 is 0 Å². The van der Waals surface area contributed by atoms with Crippen LogP contribution in [0.3, 0.4) is 0 Å². The highest BCUT2D eigenvalue weighted by molar-refractivity contribution is 6.72. The fraction of sp³-hybridized carbons (Fsp3) is 0.261. The smallest absolute Gasteiger partial charge is 0.362 e. The van der Waals surface area contributed by atoms with Crippen LogP contribution in [-0.2, 0) is 0 Å². The van der Waals surface area contributed by atoms with Crippen LogP contribution in [0.1, 0.15) is 48.0 Å². The minimum atomic E-state index is -3.44. The molecule has 0 aliphatic rings. The molecule has 7 heteroatoms. The molecule has 0 aliphatic carbocycles. The molecular formula is C23H27NO5Si. The second-order valence-electron chi connectivity index (χ2n) is 7.45. The number of carbonyl (C=O) groups excluding carboxylic acids is 1. The molecule has 1 heterocycles. The van der Waals surface area contributed by atoms with E-state index in [-0.39, 0.29) is 17.1 Å². The Labute approximate surface area is 176 Å². The summed E-state index contributed by atoms with van der Waals surface area (Å²) >= 11 is 0. The molecular weight excluding hydrogens is 398 g/mol. The van der Waals surface area contributed by atoms with Gasteiger partial charge in [-0.25, -0.2) is 0 Å². The van der Waals surface area contributed by atoms with Gasteiger partial charge < -0.3 is 24.5 Å². The number of ether oxygens (including phenoxy) is 1. The molecule has 1 aromatic heterocycles. The summed E-state index contributed by atoms with van der Waals surface area (Å²) in [7, 11) is -1.86. The van der Waals surface area contributed by atoms with Gasteiger partial charge in [-0.05, 0) is 47.2 Å². The first-order chi connectivity index (χ1) is 14.2. The van der Waals surface area contributed by atoms with Crippen LogP contribution in [0.4, 0.5) is 0 Å². The van der Waals surface area contributed by atoms with Crippen LogP contribution in [0.2, 0.25) is 5.54 Å². The number of benzene rings is 2. The fourth-order valence-corrected chi connectivity index (χ4v) is 4.48. The fourth-order valence-electron chi connectivity index (χ4n) is 3.11. The molecule has 158 valence electrons. The van der Waals surface area contributed by atoms with E-state index in [1.807, 2.05) is 19.9 Å². The molecule has 3 aromatic rings. The summed E-state index contributed by atoms with van der Waals surface area (Å²) in [4.78, 5) is 33.4. The van der Waals surface area contributed by atoms with Crippen molar-refractivity contribution in [2.75, 3.05) is 7.11 Å². The lowest BCUT2D eigenvalue weighted by molar-refractivity contribution is 0.0936. The topological polar surface area (TPSA) is 106 Å². The predicted octanol–water partition coefficient (Wildman–Crippen LogP) is 4.10. The lowest BCUT2D eigenvalue weighted by Crippen LogP contribution is -2.37. The maximum atomic E-state index is 12.9. The summed E-state index contributed by atoms with van der Waals surface area (Å²) in [5.74, 6) is 0.524. The average molecular weight is 426 g/mol. The lowest BCUT2D eigenvalue weighted by Gasteiger charge is -2.20. The van der Waals surface area contributed by atoms with Gasteiger partial charge in [-0.15, -0.1) is 0 Å². The predicted molar refractivity (Wildman–Crippen MR) is 119 cm³/mol. The number of carbonyl (C=O) groups is 1. The van der Waals surface area contributed by atoms with Gasteiger partial charge in [0.25, 0.3) is 0 Å². The third kappa shape index (κ3) is 4.71. The van der Waals surface area contributed by atoms with Gasteiger partial charge in [-0.3, -0.25) is 4.79 Å². The Bertz CT molecular complexity index is 1070. The van der Waals surface area contributed by atoms with E-state index in [9.17, 15) is 14.4 Å². The van der Waals surface area contributed by atoms with E-state index in [0.29, 0.717) is 23.3 Å². The van der Waals surface area contributed by atoms with Crippen molar-refractivity contribution < 1.29 is 23.5 Å². The van der Waals surface area contributed by atoms with Crippen LogP contribution in [-0.4, -0.2) is 31.0 Å². The third-order valence-corrected chi connectivity index (χ3v) is 7.89. The Kier molecular flexibility index (Phi) is 6.57. The van der Waals surface area contributed by atoms with Crippen molar-refractivity contribution in [3.8, 4) is 5.75 Å². The van der Waals surface area contributed by atoms with Gasteiger partial charge in [0, 0.05) is 10.9 Å². The van der Waals surface area contributed by atoms with E-state index in [1.54, 1.807) is 55.7 Å². The van der Waals surface area contributed by atoms with E-state index in [4.69, 9.17) is 14.9 Å². The standard InChI is InChI=1S/C23H27NO5Si/c1-4-15(2)30(26,27)11-10-16-6-5-7-17(12-16)22(24)23(25)21-14-18-13-19(28-3)8-9-20(18)29-21/h5-15,22,26-27H,4,24H2,1-3H3. The van der Waals surface area contributed by atoms with Crippen LogP contribution in [0, 0.1) is 0 Å². The maximum absolute atomic E-state index is 12.9. The molecule has 0 radical (unpaired) electrons. The molecule has 30 heavy (non-hydrogen) atoms. The number of furan rings is 1. The van der Waals surface area contributed by atoms with Gasteiger partial charge in [-0.1, -0.05) is 44.5 Å². The van der Waals surface area contributed by atoms with Crippen molar-refractivity contribution in [2.45, 2.75) is 31.9 Å². The minimum Gasteiger partial charge on any atom is -0.497 e. The molecule has 0 saturated heterocycles. The van der Waals surface area contributed by atoms with Crippen molar-refractivity contribution in [2.24, 2.45) is 5.73 Å². The third-order valence-electron chi connectivity index (χ3n) is 5.38. The van der Waals surface area contributed by atoms with Crippen molar-refractivity contribution in [1.29, 1.82) is 0 Å². The van der Waals surface area contributed by atoms with Crippen molar-refractivity contribution in [1.82, 2.24) is 0 Å². The zero-order valence-corrected chi connectivity index (χ0v) is 18.3. The Morgan fingerprint density at radius 2 is 2.00 bits per heavy atom. The van der Waals surface area contributed by atoms with Crippen molar-refractivity contribution in [3.63, 3.8) is 0 Å². The Morgan fingerprint density at radius 1 is 1.23 bits per heavy atom. The number of fused-ring (bicyclic) bond motifs is 1. The first kappa shape index (κ1) is 22.0. The van der Waals surface area contributed by atoms with Gasteiger partial charge >= 0.3 is 8.56 Å². The average Bonchev–Trinajstić information content (AvgIpc) is 3.19. The van der Waals surface area contributed by atoms with Gasteiger partial charge in [-0.2, -0.15) is 0 Å². The van der Waals surface area contributed by atoms with E-state index in [1.165, 1.54) is 5.70 Å². The highest BCUT2D eigenvalue weighted by Crippen LogP contribution is 2.27. The molecule has 6 nitrogen and oxygen atoms in total. The van der Waals surface area contributed by atoms with Crippen LogP contribution in [0.5, 0.6) is 5.75 Å². The first-order valence-electron chi connectivity index (χ1n) is 9.86. The number of nitrogens with two attached hydrogens (primary N) is 1. The second kappa shape index (κ2) is 8.97. The zero-order valence-electron chi connectivity index (χ0n) is 17.3. The molecule has 4 N–H and O–H groups in total. The number of hydrogen-bond acceptors (Lipinski definition) is 6. The Hall–Kier alpha value is -2.71. The summed E-state index contributed by atoms with van der Waals surface area (Å²) < 4.78 is 10.9. The summed E-state index contributed by atoms with van der Waals surface area (Å²) in [6.07, 6.45) is 2.36. The van der Waals surface area contributed by atoms with Gasteiger partial charge in [0.1, 0.15) is 11.3 Å². The monoisotopic (exact) mass is 425 g/mol. The first-order valence-corrected chi connectivity index (χ1v) is 11.9. The number of Topliss-reactive ketones (excluding diaryl/α,β-unsaturated/α-hetero) is 1. The Balaban J connectivity index is 1.82. The number of hydrogen-bond donors (Lipinski definition) is 3. The molecule has 0 spiro atoms. The summed E-state index contributed by atoms with van der Waals surface area (Å²) in [6.45, 7) is 3.75. The second-order valence-corrected chi connectivity index (χ2v) is 10.3. The van der Waals surface area contributed by atoms with Gasteiger partial charge in [0.05, 0.1) is 13.2 Å². The van der Waals surface area contributed by atoms with Crippen LogP contribution >= 0.6 is 0 Å². The highest BCUT2D eigenvalue weighted by atomic mass is 28.4. The van der Waals surface area contributed by atoms with E-state index < -0.39 is 14.6 Å². The normalized spacial score (nSPS) is 14.2. The molecule has 0 fully saturated rings. The van der Waals surface area contributed by atoms with Crippen LogP contribution < -0.4 is 10.5 Å². The molecule has 0 saturated carbocycles. The maximum Gasteiger partial charge on any atom is 0.362 e. The van der Waals surface area contributed by atoms with Gasteiger partial charge in [0.2, 0.25) is 5.78 Å². The molecule has 0 aliphatic heterocycles. The quantitative estimate of drug-likeness (QED) is 0.371. The number of ketones is 1. The largest absolute Gasteiger partial charge is 0.497 e. The van der Waals surface area contributed by atoms with E-state index in [2.05, 4.69) is 0 Å². The van der Waals surface area contributed by atoms with E-state index in [0.717, 1.165) is 10.9 Å².